The van der Waals surface area contributed by atoms with E-state index in [4.69, 9.17) is 9.47 Å². The highest BCUT2D eigenvalue weighted by molar-refractivity contribution is 5.92. The topological polar surface area (TPSA) is 59.1 Å². The second-order valence-electron chi connectivity index (χ2n) is 5.11. The van der Waals surface area contributed by atoms with Gasteiger partial charge in [-0.2, -0.15) is 0 Å². The van der Waals surface area contributed by atoms with Crippen molar-refractivity contribution in [3.05, 3.63) is 24.3 Å². The van der Waals surface area contributed by atoms with Gasteiger partial charge in [-0.1, -0.05) is 0 Å². The molecule has 1 aromatic carbocycles. The van der Waals surface area contributed by atoms with Crippen LogP contribution in [0.4, 0.5) is 21.0 Å². The molecular formula is C14H16N2O4. The van der Waals surface area contributed by atoms with Crippen LogP contribution in [-0.4, -0.2) is 37.5 Å². The Hall–Kier alpha value is -2.24. The summed E-state index contributed by atoms with van der Waals surface area (Å²) in [5, 5.41) is 0. The zero-order valence-electron chi connectivity index (χ0n) is 11.4. The van der Waals surface area contributed by atoms with Gasteiger partial charge in [0.15, 0.2) is 0 Å². The second kappa shape index (κ2) is 4.70. The van der Waals surface area contributed by atoms with Gasteiger partial charge in [-0.05, 0) is 38.1 Å². The molecule has 3 rings (SSSR count). The van der Waals surface area contributed by atoms with Crippen molar-refractivity contribution < 1.29 is 19.1 Å². The van der Waals surface area contributed by atoms with E-state index >= 15 is 0 Å². The molecule has 2 aliphatic rings. The number of rotatable bonds is 2. The van der Waals surface area contributed by atoms with E-state index in [1.165, 1.54) is 0 Å². The summed E-state index contributed by atoms with van der Waals surface area (Å²) in [6, 6.07) is 7.30. The van der Waals surface area contributed by atoms with Crippen LogP contribution in [0.3, 0.4) is 0 Å². The van der Waals surface area contributed by atoms with Gasteiger partial charge in [-0.15, -0.1) is 0 Å². The van der Waals surface area contributed by atoms with Crippen LogP contribution >= 0.6 is 0 Å². The number of hydrogen-bond acceptors (Lipinski definition) is 4. The van der Waals surface area contributed by atoms with Crippen LogP contribution in [0.2, 0.25) is 0 Å². The fourth-order valence-corrected chi connectivity index (χ4v) is 2.53. The maximum absolute atomic E-state index is 11.6. The molecule has 2 fully saturated rings. The predicted octanol–water partition coefficient (Wildman–Crippen LogP) is 2.38. The lowest BCUT2D eigenvalue weighted by atomic mass is 10.2. The molecule has 0 unspecified atom stereocenters. The number of cyclic esters (lactones) is 2. The highest BCUT2D eigenvalue weighted by atomic mass is 16.6. The number of carbonyl (C=O) groups excluding carboxylic acids is 2. The van der Waals surface area contributed by atoms with Crippen molar-refractivity contribution in [1.82, 2.24) is 0 Å². The van der Waals surface area contributed by atoms with Crippen molar-refractivity contribution in [3.63, 3.8) is 0 Å². The average Bonchev–Trinajstić information content (AvgIpc) is 2.94. The van der Waals surface area contributed by atoms with E-state index in [1.54, 1.807) is 9.80 Å². The Morgan fingerprint density at radius 2 is 1.20 bits per heavy atom. The van der Waals surface area contributed by atoms with Gasteiger partial charge in [0.2, 0.25) is 0 Å². The minimum atomic E-state index is -0.334. The Bertz CT molecular complexity index is 494. The molecular weight excluding hydrogens is 260 g/mol. The molecule has 6 heteroatoms. The molecule has 2 aliphatic heterocycles. The summed E-state index contributed by atoms with van der Waals surface area (Å²) in [6.07, 6.45) is -0.668. The zero-order chi connectivity index (χ0) is 14.3. The molecule has 0 bridgehead atoms. The number of carbonyl (C=O) groups is 2. The first kappa shape index (κ1) is 12.8. The smallest absolute Gasteiger partial charge is 0.414 e. The van der Waals surface area contributed by atoms with Crippen LogP contribution in [0.25, 0.3) is 0 Å². The molecule has 0 aromatic heterocycles. The monoisotopic (exact) mass is 276 g/mol. The molecule has 2 atom stereocenters. The summed E-state index contributed by atoms with van der Waals surface area (Å²) in [4.78, 5) is 26.5. The SMILES string of the molecule is C[C@@H]1COC(=O)N1c1ccc(N2C(=O)OC[C@H]2C)cc1. The summed E-state index contributed by atoms with van der Waals surface area (Å²) >= 11 is 0. The van der Waals surface area contributed by atoms with Crippen LogP contribution in [0.5, 0.6) is 0 Å². The predicted molar refractivity (Wildman–Crippen MR) is 73.0 cm³/mol. The van der Waals surface area contributed by atoms with Crippen molar-refractivity contribution in [2.24, 2.45) is 0 Å². The number of nitrogens with zero attached hydrogens (tertiary/aromatic N) is 2. The summed E-state index contributed by atoms with van der Waals surface area (Å²) in [5.41, 5.74) is 1.54. The van der Waals surface area contributed by atoms with E-state index in [1.807, 2.05) is 38.1 Å². The van der Waals surface area contributed by atoms with E-state index in [2.05, 4.69) is 0 Å². The van der Waals surface area contributed by atoms with Crippen LogP contribution < -0.4 is 9.80 Å². The highest BCUT2D eigenvalue weighted by Gasteiger charge is 2.33. The van der Waals surface area contributed by atoms with E-state index < -0.39 is 0 Å². The molecule has 0 saturated carbocycles. The third-order valence-electron chi connectivity index (χ3n) is 3.58. The first-order valence-electron chi connectivity index (χ1n) is 6.60. The number of benzene rings is 1. The van der Waals surface area contributed by atoms with Gasteiger partial charge < -0.3 is 9.47 Å². The number of amides is 2. The molecule has 2 heterocycles. The fourth-order valence-electron chi connectivity index (χ4n) is 2.53. The van der Waals surface area contributed by atoms with Crippen LogP contribution in [0, 0.1) is 0 Å². The van der Waals surface area contributed by atoms with E-state index in [0.29, 0.717) is 13.2 Å². The van der Waals surface area contributed by atoms with Crippen molar-refractivity contribution in [2.75, 3.05) is 23.0 Å². The zero-order valence-corrected chi connectivity index (χ0v) is 11.4. The molecule has 0 radical (unpaired) electrons. The quantitative estimate of drug-likeness (QED) is 0.832. The van der Waals surface area contributed by atoms with E-state index in [-0.39, 0.29) is 24.3 Å². The summed E-state index contributed by atoms with van der Waals surface area (Å²) in [5.74, 6) is 0. The minimum Gasteiger partial charge on any atom is -0.447 e. The van der Waals surface area contributed by atoms with E-state index in [9.17, 15) is 9.59 Å². The fraction of sp³-hybridized carbons (Fsp3) is 0.429. The summed E-state index contributed by atoms with van der Waals surface area (Å²) < 4.78 is 10.00. The maximum Gasteiger partial charge on any atom is 0.414 e. The van der Waals surface area contributed by atoms with Crippen molar-refractivity contribution in [2.45, 2.75) is 25.9 Å². The average molecular weight is 276 g/mol. The van der Waals surface area contributed by atoms with Crippen LogP contribution in [0.15, 0.2) is 24.3 Å². The molecule has 0 aliphatic carbocycles. The Kier molecular flexibility index (Phi) is 3.00. The van der Waals surface area contributed by atoms with Gasteiger partial charge in [0, 0.05) is 11.4 Å². The normalized spacial score (nSPS) is 25.9. The molecule has 106 valence electrons. The third kappa shape index (κ3) is 1.97. The molecule has 0 spiro atoms. The Labute approximate surface area is 116 Å². The number of ether oxygens (including phenoxy) is 2. The second-order valence-corrected chi connectivity index (χ2v) is 5.11. The van der Waals surface area contributed by atoms with Crippen LogP contribution in [-0.2, 0) is 9.47 Å². The molecule has 2 saturated heterocycles. The Morgan fingerprint density at radius 1 is 0.850 bits per heavy atom. The van der Waals surface area contributed by atoms with Crippen LogP contribution in [0.1, 0.15) is 13.8 Å². The standard InChI is InChI=1S/C14H16N2O4/c1-9-7-19-13(17)15(9)11-3-5-12(6-4-11)16-10(2)8-20-14(16)18/h3-6,9-10H,7-8H2,1-2H3/t9-,10-/m1/s1. The van der Waals surface area contributed by atoms with Gasteiger partial charge in [0.25, 0.3) is 0 Å². The minimum absolute atomic E-state index is 0.0176. The lowest BCUT2D eigenvalue weighted by Crippen LogP contribution is -2.32. The highest BCUT2D eigenvalue weighted by Crippen LogP contribution is 2.28. The lowest BCUT2D eigenvalue weighted by molar-refractivity contribution is 0.178. The van der Waals surface area contributed by atoms with Gasteiger partial charge in [0.1, 0.15) is 13.2 Å². The lowest BCUT2D eigenvalue weighted by Gasteiger charge is -2.21. The van der Waals surface area contributed by atoms with Crippen molar-refractivity contribution in [3.8, 4) is 0 Å². The third-order valence-corrected chi connectivity index (χ3v) is 3.58. The molecule has 0 N–H and O–H groups in total. The Morgan fingerprint density at radius 3 is 1.45 bits per heavy atom. The number of anilines is 2. The summed E-state index contributed by atoms with van der Waals surface area (Å²) in [6.45, 7) is 4.66. The van der Waals surface area contributed by atoms with Gasteiger partial charge in [-0.3, -0.25) is 9.80 Å². The van der Waals surface area contributed by atoms with Crippen molar-refractivity contribution >= 4 is 23.6 Å². The molecule has 2 amide bonds. The van der Waals surface area contributed by atoms with Gasteiger partial charge in [0.05, 0.1) is 12.1 Å². The summed E-state index contributed by atoms with van der Waals surface area (Å²) in [7, 11) is 0. The van der Waals surface area contributed by atoms with Gasteiger partial charge in [-0.25, -0.2) is 9.59 Å². The van der Waals surface area contributed by atoms with Crippen molar-refractivity contribution in [1.29, 1.82) is 0 Å². The largest absolute Gasteiger partial charge is 0.447 e. The maximum atomic E-state index is 11.6. The molecule has 20 heavy (non-hydrogen) atoms. The molecule has 1 aromatic rings. The number of hydrogen-bond donors (Lipinski definition) is 0. The molecule has 6 nitrogen and oxygen atoms in total. The first-order chi connectivity index (χ1) is 9.58. The van der Waals surface area contributed by atoms with E-state index in [0.717, 1.165) is 11.4 Å². The van der Waals surface area contributed by atoms with Gasteiger partial charge >= 0.3 is 12.2 Å². The Balaban J connectivity index is 1.85. The first-order valence-corrected chi connectivity index (χ1v) is 6.60.